The van der Waals surface area contributed by atoms with Crippen LogP contribution in [0.2, 0.25) is 0 Å². The molecule has 92 valence electrons. The first-order valence-corrected chi connectivity index (χ1v) is 6.90. The van der Waals surface area contributed by atoms with Crippen molar-refractivity contribution in [2.24, 2.45) is 0 Å². The Labute approximate surface area is 106 Å². The van der Waals surface area contributed by atoms with E-state index in [9.17, 15) is 0 Å². The van der Waals surface area contributed by atoms with E-state index in [-0.39, 0.29) is 0 Å². The van der Waals surface area contributed by atoms with E-state index in [4.69, 9.17) is 0 Å². The van der Waals surface area contributed by atoms with E-state index in [1.165, 1.54) is 0 Å². The number of aromatic nitrogens is 3. The van der Waals surface area contributed by atoms with Gasteiger partial charge in [0, 0.05) is 24.7 Å². The second-order valence-corrected chi connectivity index (χ2v) is 4.72. The standard InChI is InChI=1S/C12H18N4S/c1-3-7-16-11(5-6-14-16)12-15-10(9-17-12)8-13-4-2/h5-6,9,13H,3-4,7-8H2,1-2H3. The van der Waals surface area contributed by atoms with Crippen LogP contribution < -0.4 is 5.32 Å². The summed E-state index contributed by atoms with van der Waals surface area (Å²) in [5, 5.41) is 10.8. The largest absolute Gasteiger partial charge is 0.311 e. The number of hydrogen-bond donors (Lipinski definition) is 1. The molecule has 0 aliphatic rings. The van der Waals surface area contributed by atoms with Crippen molar-refractivity contribution in [3.8, 4) is 10.7 Å². The molecule has 4 nitrogen and oxygen atoms in total. The van der Waals surface area contributed by atoms with Crippen LogP contribution in [0.4, 0.5) is 0 Å². The summed E-state index contributed by atoms with van der Waals surface area (Å²) in [5.41, 5.74) is 2.23. The van der Waals surface area contributed by atoms with Gasteiger partial charge in [0.25, 0.3) is 0 Å². The van der Waals surface area contributed by atoms with E-state index in [2.05, 4.69) is 34.6 Å². The zero-order chi connectivity index (χ0) is 12.1. The zero-order valence-corrected chi connectivity index (χ0v) is 11.1. The predicted octanol–water partition coefficient (Wildman–Crippen LogP) is 2.53. The molecule has 0 fully saturated rings. The summed E-state index contributed by atoms with van der Waals surface area (Å²) < 4.78 is 2.02. The van der Waals surface area contributed by atoms with Crippen LogP contribution in [-0.4, -0.2) is 21.3 Å². The molecule has 2 heterocycles. The lowest BCUT2D eigenvalue weighted by Crippen LogP contribution is -2.11. The molecule has 0 amide bonds. The van der Waals surface area contributed by atoms with Gasteiger partial charge < -0.3 is 5.32 Å². The second-order valence-electron chi connectivity index (χ2n) is 3.86. The molecule has 0 aliphatic heterocycles. The maximum atomic E-state index is 4.63. The quantitative estimate of drug-likeness (QED) is 0.856. The zero-order valence-electron chi connectivity index (χ0n) is 10.3. The molecular formula is C12H18N4S. The maximum Gasteiger partial charge on any atom is 0.141 e. The molecule has 2 aromatic rings. The highest BCUT2D eigenvalue weighted by atomic mass is 32.1. The molecule has 0 radical (unpaired) electrons. The second kappa shape index (κ2) is 5.93. The van der Waals surface area contributed by atoms with Crippen LogP contribution in [0.15, 0.2) is 17.6 Å². The minimum absolute atomic E-state index is 0.842. The molecule has 0 unspecified atom stereocenters. The van der Waals surface area contributed by atoms with Crippen LogP contribution in [0.25, 0.3) is 10.7 Å². The number of thiazole rings is 1. The average Bonchev–Trinajstić information content (AvgIpc) is 2.95. The van der Waals surface area contributed by atoms with E-state index < -0.39 is 0 Å². The third kappa shape index (κ3) is 2.92. The molecule has 0 saturated heterocycles. The predicted molar refractivity (Wildman–Crippen MR) is 71.0 cm³/mol. The van der Waals surface area contributed by atoms with Crippen LogP contribution in [0.1, 0.15) is 26.0 Å². The van der Waals surface area contributed by atoms with Crippen molar-refractivity contribution in [2.75, 3.05) is 6.54 Å². The highest BCUT2D eigenvalue weighted by Gasteiger charge is 2.09. The van der Waals surface area contributed by atoms with Crippen LogP contribution >= 0.6 is 11.3 Å². The van der Waals surface area contributed by atoms with Crippen molar-refractivity contribution in [2.45, 2.75) is 33.4 Å². The number of hydrogen-bond acceptors (Lipinski definition) is 4. The van der Waals surface area contributed by atoms with Gasteiger partial charge in [-0.05, 0) is 19.0 Å². The minimum atomic E-state index is 0.842. The number of rotatable bonds is 6. The molecule has 0 bridgehead atoms. The van der Waals surface area contributed by atoms with Gasteiger partial charge in [0.1, 0.15) is 5.01 Å². The van der Waals surface area contributed by atoms with Gasteiger partial charge in [0.05, 0.1) is 11.4 Å². The molecule has 0 aromatic carbocycles. The lowest BCUT2D eigenvalue weighted by atomic mass is 10.4. The van der Waals surface area contributed by atoms with Gasteiger partial charge in [-0.25, -0.2) is 4.98 Å². The highest BCUT2D eigenvalue weighted by molar-refractivity contribution is 7.13. The molecule has 1 N–H and O–H groups in total. The van der Waals surface area contributed by atoms with Crippen LogP contribution in [0.5, 0.6) is 0 Å². The van der Waals surface area contributed by atoms with Crippen LogP contribution in [-0.2, 0) is 13.1 Å². The van der Waals surface area contributed by atoms with E-state index in [1.807, 2.05) is 16.9 Å². The van der Waals surface area contributed by atoms with Crippen molar-refractivity contribution in [3.63, 3.8) is 0 Å². The van der Waals surface area contributed by atoms with Crippen LogP contribution in [0.3, 0.4) is 0 Å². The Morgan fingerprint density at radius 1 is 1.41 bits per heavy atom. The van der Waals surface area contributed by atoms with Crippen molar-refractivity contribution in [3.05, 3.63) is 23.3 Å². The van der Waals surface area contributed by atoms with Gasteiger partial charge in [-0.3, -0.25) is 4.68 Å². The van der Waals surface area contributed by atoms with Crippen molar-refractivity contribution in [1.82, 2.24) is 20.1 Å². The Bertz CT molecular complexity index is 461. The molecular weight excluding hydrogens is 232 g/mol. The van der Waals surface area contributed by atoms with Gasteiger partial charge in [-0.15, -0.1) is 11.3 Å². The SMILES string of the molecule is CCCn1nccc1-c1nc(CNCC)cs1. The Morgan fingerprint density at radius 2 is 2.29 bits per heavy atom. The van der Waals surface area contributed by atoms with Gasteiger partial charge in [-0.1, -0.05) is 13.8 Å². The number of nitrogens with one attached hydrogen (secondary N) is 1. The molecule has 0 aliphatic carbocycles. The lowest BCUT2D eigenvalue weighted by molar-refractivity contribution is 0.608. The Morgan fingerprint density at radius 3 is 3.06 bits per heavy atom. The summed E-state index contributed by atoms with van der Waals surface area (Å²) in [6, 6.07) is 2.03. The molecule has 5 heteroatoms. The Hall–Kier alpha value is -1.20. The molecule has 2 rings (SSSR count). The number of nitrogens with zero attached hydrogens (tertiary/aromatic N) is 3. The molecule has 2 aromatic heterocycles. The van der Waals surface area contributed by atoms with Gasteiger partial charge in [0.15, 0.2) is 0 Å². The summed E-state index contributed by atoms with van der Waals surface area (Å²) in [7, 11) is 0. The van der Waals surface area contributed by atoms with E-state index in [0.29, 0.717) is 0 Å². The molecule has 0 saturated carbocycles. The van der Waals surface area contributed by atoms with E-state index in [1.54, 1.807) is 11.3 Å². The van der Waals surface area contributed by atoms with Gasteiger partial charge >= 0.3 is 0 Å². The summed E-state index contributed by atoms with van der Waals surface area (Å²) in [6.45, 7) is 7.02. The first kappa shape index (κ1) is 12.3. The molecule has 17 heavy (non-hydrogen) atoms. The van der Waals surface area contributed by atoms with E-state index in [0.717, 1.165) is 42.5 Å². The monoisotopic (exact) mass is 250 g/mol. The van der Waals surface area contributed by atoms with Crippen LogP contribution in [0, 0.1) is 0 Å². The third-order valence-corrected chi connectivity index (χ3v) is 3.39. The topological polar surface area (TPSA) is 42.7 Å². The first-order chi connectivity index (χ1) is 8.35. The minimum Gasteiger partial charge on any atom is -0.311 e. The normalized spacial score (nSPS) is 10.9. The summed E-state index contributed by atoms with van der Waals surface area (Å²) >= 11 is 1.69. The molecule has 0 spiro atoms. The van der Waals surface area contributed by atoms with E-state index >= 15 is 0 Å². The van der Waals surface area contributed by atoms with Crippen molar-refractivity contribution < 1.29 is 0 Å². The maximum absolute atomic E-state index is 4.63. The highest BCUT2D eigenvalue weighted by Crippen LogP contribution is 2.23. The average molecular weight is 250 g/mol. The fraction of sp³-hybridized carbons (Fsp3) is 0.500. The third-order valence-electron chi connectivity index (χ3n) is 2.48. The Balaban J connectivity index is 2.15. The smallest absolute Gasteiger partial charge is 0.141 e. The fourth-order valence-electron chi connectivity index (χ4n) is 1.66. The van der Waals surface area contributed by atoms with Gasteiger partial charge in [0.2, 0.25) is 0 Å². The fourth-order valence-corrected chi connectivity index (χ4v) is 2.51. The summed E-state index contributed by atoms with van der Waals surface area (Å²) in [4.78, 5) is 4.63. The van der Waals surface area contributed by atoms with Gasteiger partial charge in [-0.2, -0.15) is 5.10 Å². The summed E-state index contributed by atoms with van der Waals surface area (Å²) in [5.74, 6) is 0. The Kier molecular flexibility index (Phi) is 4.28. The lowest BCUT2D eigenvalue weighted by Gasteiger charge is -2.02. The summed E-state index contributed by atoms with van der Waals surface area (Å²) in [6.07, 6.45) is 2.93. The first-order valence-electron chi connectivity index (χ1n) is 6.02. The number of aryl methyl sites for hydroxylation is 1. The van der Waals surface area contributed by atoms with Crippen molar-refractivity contribution in [1.29, 1.82) is 0 Å². The van der Waals surface area contributed by atoms with Crippen molar-refractivity contribution >= 4 is 11.3 Å². The molecule has 0 atom stereocenters.